The van der Waals surface area contributed by atoms with Crippen molar-refractivity contribution in [2.75, 3.05) is 5.32 Å². The largest absolute Gasteiger partial charge is 0.377 e. The van der Waals surface area contributed by atoms with Gasteiger partial charge in [0.05, 0.1) is 11.0 Å². The number of rotatable bonds is 5. The van der Waals surface area contributed by atoms with Crippen molar-refractivity contribution in [3.8, 4) is 0 Å². The van der Waals surface area contributed by atoms with Gasteiger partial charge in [-0.2, -0.15) is 0 Å². The van der Waals surface area contributed by atoms with E-state index in [0.717, 1.165) is 37.7 Å². The Balaban J connectivity index is 1.55. The SMILES string of the molecule is O=C(NC1CCCc2ccccc21)c1ccc(NC2CC2)c([N+](=O)[O-])c1. The molecule has 1 fully saturated rings. The third kappa shape index (κ3) is 3.40. The Bertz CT molecular complexity index is 861. The number of carbonyl (C=O) groups excluding carboxylic acids is 1. The lowest BCUT2D eigenvalue weighted by Crippen LogP contribution is -2.31. The molecule has 2 aliphatic rings. The molecule has 0 spiro atoms. The number of hydrogen-bond donors (Lipinski definition) is 2. The van der Waals surface area contributed by atoms with E-state index in [9.17, 15) is 14.9 Å². The molecular formula is C20H21N3O3. The van der Waals surface area contributed by atoms with Crippen LogP contribution in [0, 0.1) is 10.1 Å². The molecule has 0 bridgehead atoms. The van der Waals surface area contributed by atoms with Gasteiger partial charge in [0.1, 0.15) is 5.69 Å². The zero-order valence-electron chi connectivity index (χ0n) is 14.4. The van der Waals surface area contributed by atoms with Gasteiger partial charge in [0.15, 0.2) is 0 Å². The summed E-state index contributed by atoms with van der Waals surface area (Å²) in [5.41, 5.74) is 3.17. The van der Waals surface area contributed by atoms with E-state index in [4.69, 9.17) is 0 Å². The molecule has 0 aromatic heterocycles. The number of aryl methyl sites for hydroxylation is 1. The van der Waals surface area contributed by atoms with Crippen molar-refractivity contribution in [3.05, 3.63) is 69.3 Å². The highest BCUT2D eigenvalue weighted by Crippen LogP contribution is 2.33. The van der Waals surface area contributed by atoms with Crippen LogP contribution < -0.4 is 10.6 Å². The normalized spacial score (nSPS) is 18.7. The first-order valence-corrected chi connectivity index (χ1v) is 9.05. The molecule has 26 heavy (non-hydrogen) atoms. The van der Waals surface area contributed by atoms with Crippen molar-refractivity contribution in [3.63, 3.8) is 0 Å². The molecule has 1 amide bonds. The van der Waals surface area contributed by atoms with Crippen LogP contribution in [0.5, 0.6) is 0 Å². The molecular weight excluding hydrogens is 330 g/mol. The highest BCUT2D eigenvalue weighted by Gasteiger charge is 2.26. The van der Waals surface area contributed by atoms with Gasteiger partial charge in [-0.3, -0.25) is 14.9 Å². The van der Waals surface area contributed by atoms with Crippen LogP contribution in [-0.2, 0) is 6.42 Å². The van der Waals surface area contributed by atoms with Gasteiger partial charge >= 0.3 is 0 Å². The van der Waals surface area contributed by atoms with E-state index in [2.05, 4.69) is 16.7 Å². The molecule has 6 heteroatoms. The van der Waals surface area contributed by atoms with E-state index in [-0.39, 0.29) is 17.6 Å². The van der Waals surface area contributed by atoms with Crippen LogP contribution in [0.25, 0.3) is 0 Å². The second-order valence-electron chi connectivity index (χ2n) is 7.02. The van der Waals surface area contributed by atoms with Gasteiger partial charge in [-0.15, -0.1) is 0 Å². The number of benzene rings is 2. The maximum absolute atomic E-state index is 12.7. The minimum Gasteiger partial charge on any atom is -0.377 e. The lowest BCUT2D eigenvalue weighted by atomic mass is 9.87. The Hall–Kier alpha value is -2.89. The number of nitrogens with zero attached hydrogens (tertiary/aromatic N) is 1. The third-order valence-electron chi connectivity index (χ3n) is 5.07. The molecule has 0 saturated heterocycles. The fraction of sp³-hybridized carbons (Fsp3) is 0.350. The van der Waals surface area contributed by atoms with Crippen LogP contribution in [-0.4, -0.2) is 16.9 Å². The number of fused-ring (bicyclic) bond motifs is 1. The van der Waals surface area contributed by atoms with Crippen LogP contribution in [0.15, 0.2) is 42.5 Å². The molecule has 2 aliphatic carbocycles. The van der Waals surface area contributed by atoms with Crippen LogP contribution in [0.3, 0.4) is 0 Å². The van der Waals surface area contributed by atoms with Gasteiger partial charge in [0, 0.05) is 17.7 Å². The van der Waals surface area contributed by atoms with Crippen LogP contribution in [0.1, 0.15) is 53.2 Å². The minimum absolute atomic E-state index is 0.0456. The van der Waals surface area contributed by atoms with Gasteiger partial charge in [-0.05, 0) is 55.4 Å². The standard InChI is InChI=1S/C20H21N3O3/c24-20(22-17-7-3-5-13-4-1-2-6-16(13)17)14-8-11-18(21-15-9-10-15)19(12-14)23(25)26/h1-2,4,6,8,11-12,15,17,21H,3,5,7,9-10H2,(H,22,24). The molecule has 2 N–H and O–H groups in total. The first-order chi connectivity index (χ1) is 12.6. The number of anilines is 1. The average molecular weight is 351 g/mol. The van der Waals surface area contributed by atoms with Gasteiger partial charge in [0.25, 0.3) is 11.6 Å². The van der Waals surface area contributed by atoms with E-state index >= 15 is 0 Å². The molecule has 2 aromatic rings. The molecule has 6 nitrogen and oxygen atoms in total. The Labute approximate surface area is 151 Å². The maximum atomic E-state index is 12.7. The van der Waals surface area contributed by atoms with Crippen LogP contribution in [0.4, 0.5) is 11.4 Å². The van der Waals surface area contributed by atoms with Crippen molar-refractivity contribution >= 4 is 17.3 Å². The quantitative estimate of drug-likeness (QED) is 0.630. The number of nitro groups is 1. The summed E-state index contributed by atoms with van der Waals surface area (Å²) in [6.07, 6.45) is 4.98. The summed E-state index contributed by atoms with van der Waals surface area (Å²) in [4.78, 5) is 23.6. The molecule has 1 atom stereocenters. The second-order valence-corrected chi connectivity index (χ2v) is 7.02. The number of nitro benzene ring substituents is 1. The predicted octanol–water partition coefficient (Wildman–Crippen LogP) is 3.98. The highest BCUT2D eigenvalue weighted by atomic mass is 16.6. The van der Waals surface area contributed by atoms with Gasteiger partial charge in [-0.1, -0.05) is 24.3 Å². The second kappa shape index (κ2) is 6.78. The number of carbonyl (C=O) groups is 1. The molecule has 134 valence electrons. The van der Waals surface area contributed by atoms with E-state index < -0.39 is 4.92 Å². The molecule has 4 rings (SSSR count). The fourth-order valence-corrected chi connectivity index (χ4v) is 3.54. The third-order valence-corrected chi connectivity index (χ3v) is 5.07. The molecule has 1 saturated carbocycles. The first-order valence-electron chi connectivity index (χ1n) is 9.05. The van der Waals surface area contributed by atoms with E-state index in [1.807, 2.05) is 18.2 Å². The Kier molecular flexibility index (Phi) is 4.32. The maximum Gasteiger partial charge on any atom is 0.293 e. The van der Waals surface area contributed by atoms with Crippen molar-refractivity contribution in [2.24, 2.45) is 0 Å². The number of amides is 1. The molecule has 2 aromatic carbocycles. The molecule has 1 unspecified atom stereocenters. The summed E-state index contributed by atoms with van der Waals surface area (Å²) < 4.78 is 0. The lowest BCUT2D eigenvalue weighted by molar-refractivity contribution is -0.384. The lowest BCUT2D eigenvalue weighted by Gasteiger charge is -2.26. The van der Waals surface area contributed by atoms with Gasteiger partial charge < -0.3 is 10.6 Å². The van der Waals surface area contributed by atoms with Crippen LogP contribution >= 0.6 is 0 Å². The zero-order valence-corrected chi connectivity index (χ0v) is 14.4. The summed E-state index contributed by atoms with van der Waals surface area (Å²) >= 11 is 0. The number of nitrogens with one attached hydrogen (secondary N) is 2. The van der Waals surface area contributed by atoms with Gasteiger partial charge in [0.2, 0.25) is 0 Å². The fourth-order valence-electron chi connectivity index (χ4n) is 3.54. The molecule has 0 aliphatic heterocycles. The van der Waals surface area contributed by atoms with Crippen LogP contribution in [0.2, 0.25) is 0 Å². The van der Waals surface area contributed by atoms with Crippen molar-refractivity contribution in [1.82, 2.24) is 5.32 Å². The summed E-state index contributed by atoms with van der Waals surface area (Å²) in [7, 11) is 0. The topological polar surface area (TPSA) is 84.3 Å². The van der Waals surface area contributed by atoms with E-state index in [0.29, 0.717) is 17.3 Å². The Morgan fingerprint density at radius 2 is 1.92 bits per heavy atom. The van der Waals surface area contributed by atoms with E-state index in [1.54, 1.807) is 12.1 Å². The predicted molar refractivity (Wildman–Crippen MR) is 99.3 cm³/mol. The van der Waals surface area contributed by atoms with Gasteiger partial charge in [-0.25, -0.2) is 0 Å². The minimum atomic E-state index is -0.433. The first kappa shape index (κ1) is 16.6. The highest BCUT2D eigenvalue weighted by molar-refractivity contribution is 5.96. The average Bonchev–Trinajstić information content (AvgIpc) is 3.46. The Morgan fingerprint density at radius 1 is 1.12 bits per heavy atom. The number of hydrogen-bond acceptors (Lipinski definition) is 4. The summed E-state index contributed by atoms with van der Waals surface area (Å²) in [5.74, 6) is -0.271. The van der Waals surface area contributed by atoms with E-state index in [1.165, 1.54) is 11.6 Å². The Morgan fingerprint density at radius 3 is 2.69 bits per heavy atom. The zero-order chi connectivity index (χ0) is 18.1. The molecule has 0 heterocycles. The van der Waals surface area contributed by atoms with Crippen molar-refractivity contribution in [2.45, 2.75) is 44.2 Å². The molecule has 0 radical (unpaired) electrons. The van der Waals surface area contributed by atoms with Crippen molar-refractivity contribution in [1.29, 1.82) is 0 Å². The summed E-state index contributed by atoms with van der Waals surface area (Å²) in [6.45, 7) is 0. The summed E-state index contributed by atoms with van der Waals surface area (Å²) in [6, 6.07) is 13.1. The smallest absolute Gasteiger partial charge is 0.293 e. The summed E-state index contributed by atoms with van der Waals surface area (Å²) in [5, 5.41) is 17.6. The monoisotopic (exact) mass is 351 g/mol. The van der Waals surface area contributed by atoms with Crippen molar-refractivity contribution < 1.29 is 9.72 Å².